The zero-order valence-electron chi connectivity index (χ0n) is 10.0. The highest BCUT2D eigenvalue weighted by atomic mass is 16.5. The largest absolute Gasteiger partial charge is 0.379 e. The van der Waals surface area contributed by atoms with Gasteiger partial charge in [-0.25, -0.2) is 0 Å². The normalized spacial score (nSPS) is 19.1. The molecule has 1 N–H and O–H groups in total. The van der Waals surface area contributed by atoms with Crippen LogP contribution in [0.5, 0.6) is 0 Å². The Bertz CT molecular complexity index is 217. The van der Waals surface area contributed by atoms with E-state index in [1.807, 2.05) is 18.7 Å². The van der Waals surface area contributed by atoms with Crippen LogP contribution in [0, 0.1) is 0 Å². The first-order valence-corrected chi connectivity index (χ1v) is 5.59. The smallest absolute Gasteiger partial charge is 0.236 e. The van der Waals surface area contributed by atoms with Crippen LogP contribution >= 0.6 is 0 Å². The van der Waals surface area contributed by atoms with Crippen LogP contribution in [0.15, 0.2) is 0 Å². The van der Waals surface area contributed by atoms with Gasteiger partial charge in [-0.05, 0) is 33.2 Å². The van der Waals surface area contributed by atoms with Crippen molar-refractivity contribution in [1.82, 2.24) is 10.2 Å². The van der Waals surface area contributed by atoms with E-state index in [0.717, 1.165) is 32.5 Å². The molecule has 0 aromatic heterocycles. The maximum Gasteiger partial charge on any atom is 0.236 e. The molecule has 1 heterocycles. The number of ether oxygens (including phenoxy) is 1. The third kappa shape index (κ3) is 4.18. The van der Waals surface area contributed by atoms with Gasteiger partial charge >= 0.3 is 0 Å². The molecule has 1 saturated heterocycles. The van der Waals surface area contributed by atoms with Crippen molar-refractivity contribution in [2.24, 2.45) is 0 Å². The molecule has 1 amide bonds. The summed E-state index contributed by atoms with van der Waals surface area (Å²) >= 11 is 0. The summed E-state index contributed by atoms with van der Waals surface area (Å²) < 4.78 is 5.34. The van der Waals surface area contributed by atoms with E-state index in [1.54, 1.807) is 7.11 Å². The highest BCUT2D eigenvalue weighted by Crippen LogP contribution is 2.14. The molecule has 4 heteroatoms. The summed E-state index contributed by atoms with van der Waals surface area (Å²) in [5.41, 5.74) is -0.139. The number of carbonyl (C=O) groups excluding carboxylic acids is 1. The lowest BCUT2D eigenvalue weighted by molar-refractivity contribution is -0.130. The molecule has 0 spiro atoms. The monoisotopic (exact) mass is 214 g/mol. The van der Waals surface area contributed by atoms with Crippen LogP contribution < -0.4 is 5.32 Å². The quantitative estimate of drug-likeness (QED) is 0.746. The van der Waals surface area contributed by atoms with Gasteiger partial charge in [0.05, 0.1) is 12.1 Å². The third-order valence-corrected chi connectivity index (χ3v) is 2.95. The number of amides is 1. The van der Waals surface area contributed by atoms with E-state index in [1.165, 1.54) is 0 Å². The van der Waals surface area contributed by atoms with E-state index in [-0.39, 0.29) is 11.5 Å². The van der Waals surface area contributed by atoms with E-state index in [2.05, 4.69) is 5.32 Å². The highest BCUT2D eigenvalue weighted by Gasteiger charge is 2.21. The standard InChI is InChI=1S/C11H22N2O2/c1-11(2,15-3)5-8-13-7-4-6-12-9-10(13)14/h12H,4-9H2,1-3H3. The average Bonchev–Trinajstić information content (AvgIpc) is 2.40. The number of nitrogens with zero attached hydrogens (tertiary/aromatic N) is 1. The second-order valence-electron chi connectivity index (χ2n) is 4.62. The molecule has 0 radical (unpaired) electrons. The maximum absolute atomic E-state index is 11.6. The van der Waals surface area contributed by atoms with Gasteiger partial charge in [0.15, 0.2) is 0 Å². The Labute approximate surface area is 92.0 Å². The van der Waals surface area contributed by atoms with Crippen LogP contribution in [0.1, 0.15) is 26.7 Å². The van der Waals surface area contributed by atoms with Gasteiger partial charge in [-0.3, -0.25) is 4.79 Å². The SMILES string of the molecule is COC(C)(C)CCN1CCCNCC1=O. The van der Waals surface area contributed by atoms with E-state index in [4.69, 9.17) is 4.74 Å². The molecule has 0 aromatic rings. The van der Waals surface area contributed by atoms with Gasteiger partial charge in [0.1, 0.15) is 0 Å². The van der Waals surface area contributed by atoms with Crippen LogP contribution in [-0.4, -0.2) is 49.7 Å². The van der Waals surface area contributed by atoms with Gasteiger partial charge in [0.2, 0.25) is 5.91 Å². The first-order chi connectivity index (χ1) is 7.05. The summed E-state index contributed by atoms with van der Waals surface area (Å²) in [6, 6.07) is 0. The predicted octanol–water partition coefficient (Wildman–Crippen LogP) is 0.623. The van der Waals surface area contributed by atoms with Gasteiger partial charge < -0.3 is 15.0 Å². The zero-order chi connectivity index (χ0) is 11.3. The molecular weight excluding hydrogens is 192 g/mol. The first-order valence-electron chi connectivity index (χ1n) is 5.59. The molecule has 0 aromatic carbocycles. The summed E-state index contributed by atoms with van der Waals surface area (Å²) in [6.07, 6.45) is 1.92. The molecule has 1 fully saturated rings. The molecule has 0 bridgehead atoms. The molecule has 0 aliphatic carbocycles. The molecule has 15 heavy (non-hydrogen) atoms. The average molecular weight is 214 g/mol. The van der Waals surface area contributed by atoms with Crippen LogP contribution in [0.3, 0.4) is 0 Å². The summed E-state index contributed by atoms with van der Waals surface area (Å²) in [4.78, 5) is 13.6. The predicted molar refractivity (Wildman–Crippen MR) is 59.8 cm³/mol. The third-order valence-electron chi connectivity index (χ3n) is 2.95. The fraction of sp³-hybridized carbons (Fsp3) is 0.909. The van der Waals surface area contributed by atoms with Crippen molar-refractivity contribution < 1.29 is 9.53 Å². The molecule has 88 valence electrons. The van der Waals surface area contributed by atoms with Gasteiger partial charge in [-0.15, -0.1) is 0 Å². The molecule has 1 rings (SSSR count). The molecule has 4 nitrogen and oxygen atoms in total. The Morgan fingerprint density at radius 3 is 2.93 bits per heavy atom. The Balaban J connectivity index is 2.39. The number of hydrogen-bond donors (Lipinski definition) is 1. The summed E-state index contributed by atoms with van der Waals surface area (Å²) in [5.74, 6) is 0.208. The van der Waals surface area contributed by atoms with Gasteiger partial charge in [0.25, 0.3) is 0 Å². The van der Waals surface area contributed by atoms with Gasteiger partial charge in [0, 0.05) is 20.2 Å². The van der Waals surface area contributed by atoms with E-state index >= 15 is 0 Å². The van der Waals surface area contributed by atoms with Crippen molar-refractivity contribution >= 4 is 5.91 Å². The molecule has 1 aliphatic rings. The summed E-state index contributed by atoms with van der Waals surface area (Å²) in [6.45, 7) is 7.18. The highest BCUT2D eigenvalue weighted by molar-refractivity contribution is 5.78. The molecule has 0 atom stereocenters. The topological polar surface area (TPSA) is 41.6 Å². The van der Waals surface area contributed by atoms with Crippen molar-refractivity contribution in [1.29, 1.82) is 0 Å². The summed E-state index contributed by atoms with van der Waals surface area (Å²) in [7, 11) is 1.71. The molecule has 1 aliphatic heterocycles. The zero-order valence-corrected chi connectivity index (χ0v) is 10.0. The maximum atomic E-state index is 11.6. The Kier molecular flexibility index (Phi) is 4.54. The van der Waals surface area contributed by atoms with Crippen LogP contribution in [0.4, 0.5) is 0 Å². The van der Waals surface area contributed by atoms with Crippen molar-refractivity contribution in [2.45, 2.75) is 32.3 Å². The van der Waals surface area contributed by atoms with Gasteiger partial charge in [-0.2, -0.15) is 0 Å². The fourth-order valence-electron chi connectivity index (χ4n) is 1.57. The number of methoxy groups -OCH3 is 1. The Morgan fingerprint density at radius 2 is 2.27 bits per heavy atom. The fourth-order valence-corrected chi connectivity index (χ4v) is 1.57. The number of rotatable bonds is 4. The summed E-state index contributed by atoms with van der Waals surface area (Å²) in [5, 5.41) is 3.12. The number of hydrogen-bond acceptors (Lipinski definition) is 3. The first kappa shape index (κ1) is 12.5. The van der Waals surface area contributed by atoms with E-state index < -0.39 is 0 Å². The van der Waals surface area contributed by atoms with Crippen LogP contribution in [0.25, 0.3) is 0 Å². The van der Waals surface area contributed by atoms with Gasteiger partial charge in [-0.1, -0.05) is 0 Å². The molecule has 0 unspecified atom stereocenters. The van der Waals surface area contributed by atoms with E-state index in [0.29, 0.717) is 6.54 Å². The minimum Gasteiger partial charge on any atom is -0.379 e. The lowest BCUT2D eigenvalue weighted by atomic mass is 10.1. The Hall–Kier alpha value is -0.610. The second kappa shape index (κ2) is 5.47. The van der Waals surface area contributed by atoms with Crippen LogP contribution in [-0.2, 0) is 9.53 Å². The lowest BCUT2D eigenvalue weighted by Gasteiger charge is -2.27. The van der Waals surface area contributed by atoms with Crippen molar-refractivity contribution in [3.8, 4) is 0 Å². The number of nitrogens with one attached hydrogen (secondary N) is 1. The molecular formula is C11H22N2O2. The van der Waals surface area contributed by atoms with E-state index in [9.17, 15) is 4.79 Å². The number of carbonyl (C=O) groups is 1. The van der Waals surface area contributed by atoms with Crippen LogP contribution in [0.2, 0.25) is 0 Å². The minimum atomic E-state index is -0.139. The van der Waals surface area contributed by atoms with Crippen molar-refractivity contribution in [3.05, 3.63) is 0 Å². The Morgan fingerprint density at radius 1 is 1.53 bits per heavy atom. The van der Waals surface area contributed by atoms with Crippen molar-refractivity contribution in [2.75, 3.05) is 33.3 Å². The lowest BCUT2D eigenvalue weighted by Crippen LogP contribution is -2.38. The van der Waals surface area contributed by atoms with Crippen molar-refractivity contribution in [3.63, 3.8) is 0 Å². The second-order valence-corrected chi connectivity index (χ2v) is 4.62. The molecule has 0 saturated carbocycles. The minimum absolute atomic E-state index is 0.139.